The van der Waals surface area contributed by atoms with Crippen LogP contribution < -0.4 is 34.2 Å². The Labute approximate surface area is 279 Å². The summed E-state index contributed by atoms with van der Waals surface area (Å²) < 4.78 is 32.7. The number of aromatic nitrogens is 4. The number of anilines is 1. The molecule has 4 aromatic heterocycles. The number of nitrogen functional groups attached to an aromatic ring is 1. The largest absolute Gasteiger partial charge is 0.493 e. The Morgan fingerprint density at radius 1 is 0.596 bits per heavy atom. The van der Waals surface area contributed by atoms with E-state index in [0.717, 1.165) is 17.1 Å². The van der Waals surface area contributed by atoms with E-state index in [1.807, 2.05) is 6.07 Å². The number of fused-ring (bicyclic) bond motifs is 2. The topological polar surface area (TPSA) is 176 Å². The van der Waals surface area contributed by atoms with Crippen molar-refractivity contribution < 1.29 is 50.4 Å². The summed E-state index contributed by atoms with van der Waals surface area (Å²) in [4.78, 5) is 26.8. The molecule has 47 heavy (non-hydrogen) atoms. The van der Waals surface area contributed by atoms with Gasteiger partial charge in [0.2, 0.25) is 11.8 Å². The van der Waals surface area contributed by atoms with Crippen LogP contribution in [0.15, 0.2) is 85.5 Å². The fourth-order valence-corrected chi connectivity index (χ4v) is 4.29. The van der Waals surface area contributed by atoms with Crippen LogP contribution in [-0.2, 0) is 17.1 Å². The van der Waals surface area contributed by atoms with Crippen LogP contribution in [0.3, 0.4) is 0 Å². The molecular formula is C32H28FeN6O8. The minimum absolute atomic E-state index is 0. The van der Waals surface area contributed by atoms with E-state index >= 15 is 0 Å². The molecular weight excluding hydrogens is 652 g/mol. The second-order valence-electron chi connectivity index (χ2n) is 9.31. The molecule has 0 atom stereocenters. The number of benzene rings is 2. The third-order valence-corrected chi connectivity index (χ3v) is 6.53. The number of hydrogen-bond donors (Lipinski definition) is 1. The minimum atomic E-state index is -0.518. The van der Waals surface area contributed by atoms with Gasteiger partial charge in [0, 0.05) is 70.6 Å². The van der Waals surface area contributed by atoms with E-state index in [1.165, 1.54) is 12.1 Å². The Morgan fingerprint density at radius 3 is 1.43 bits per heavy atom. The summed E-state index contributed by atoms with van der Waals surface area (Å²) in [6.45, 7) is 0. The van der Waals surface area contributed by atoms with E-state index in [1.54, 1.807) is 89.5 Å². The first kappa shape index (κ1) is 34.0. The molecule has 0 fully saturated rings. The minimum Gasteiger partial charge on any atom is -0.493 e. The zero-order valence-corrected chi connectivity index (χ0v) is 26.6. The number of nitro groups is 1. The molecule has 0 amide bonds. The number of pyridine rings is 4. The average Bonchev–Trinajstić information content (AvgIpc) is 3.08. The molecule has 2 N–H and O–H groups in total. The molecule has 15 heteroatoms. The molecule has 2 aromatic carbocycles. The zero-order chi connectivity index (χ0) is 32.6. The molecule has 14 nitrogen and oxygen atoms in total. The van der Waals surface area contributed by atoms with Gasteiger partial charge in [0.15, 0.2) is 23.0 Å². The van der Waals surface area contributed by atoms with Gasteiger partial charge >= 0.3 is 0 Å². The van der Waals surface area contributed by atoms with Crippen molar-refractivity contribution in [3.63, 3.8) is 0 Å². The maximum absolute atomic E-state index is 10.7. The van der Waals surface area contributed by atoms with Crippen LogP contribution >= 0.6 is 0 Å². The van der Waals surface area contributed by atoms with E-state index < -0.39 is 4.92 Å². The third-order valence-electron chi connectivity index (χ3n) is 6.53. The summed E-state index contributed by atoms with van der Waals surface area (Å²) >= 11 is 0. The molecule has 0 aliphatic carbocycles. The maximum Gasteiger partial charge on any atom is 0.287 e. The van der Waals surface area contributed by atoms with Gasteiger partial charge in [-0.15, -0.1) is 0 Å². The summed E-state index contributed by atoms with van der Waals surface area (Å²) in [5.41, 5.74) is 7.50. The van der Waals surface area contributed by atoms with E-state index in [0.29, 0.717) is 57.0 Å². The molecule has 0 unspecified atom stereocenters. The molecule has 242 valence electrons. The first-order valence-corrected chi connectivity index (χ1v) is 13.5. The Morgan fingerprint density at radius 2 is 1.04 bits per heavy atom. The first-order valence-electron chi connectivity index (χ1n) is 13.5. The Hall–Kier alpha value is -5.92. The molecule has 0 spiro atoms. The summed E-state index contributed by atoms with van der Waals surface area (Å²) in [7, 11) is 6.26. The van der Waals surface area contributed by atoms with Crippen LogP contribution in [0.2, 0.25) is 0 Å². The van der Waals surface area contributed by atoms with E-state index in [9.17, 15) is 10.1 Å². The number of ether oxygens (including phenoxy) is 6. The summed E-state index contributed by atoms with van der Waals surface area (Å²) in [5, 5.41) is 12.2. The maximum atomic E-state index is 10.7. The number of nitrogens with two attached hydrogens (primary N) is 1. The monoisotopic (exact) mass is 680 g/mol. The van der Waals surface area contributed by atoms with Crippen molar-refractivity contribution in [2.24, 2.45) is 0 Å². The van der Waals surface area contributed by atoms with Crippen LogP contribution in [0.1, 0.15) is 0 Å². The molecule has 0 radical (unpaired) electrons. The first-order chi connectivity index (χ1) is 22.3. The molecule has 6 aromatic rings. The van der Waals surface area contributed by atoms with Gasteiger partial charge < -0.3 is 34.2 Å². The van der Waals surface area contributed by atoms with Gasteiger partial charge in [-0.3, -0.25) is 20.1 Å². The predicted molar refractivity (Wildman–Crippen MR) is 169 cm³/mol. The van der Waals surface area contributed by atoms with Gasteiger partial charge in [0.1, 0.15) is 17.7 Å². The second-order valence-corrected chi connectivity index (χ2v) is 9.31. The quantitative estimate of drug-likeness (QED) is 0.101. The van der Waals surface area contributed by atoms with Crippen LogP contribution in [0, 0.1) is 10.1 Å². The van der Waals surface area contributed by atoms with Crippen molar-refractivity contribution in [3.05, 3.63) is 95.6 Å². The molecule has 0 aliphatic rings. The fraction of sp³-hybridized carbons (Fsp3) is 0.125. The molecule has 6 rings (SSSR count). The average molecular weight is 680 g/mol. The molecule has 0 saturated heterocycles. The van der Waals surface area contributed by atoms with Crippen molar-refractivity contribution in [3.8, 4) is 46.3 Å². The van der Waals surface area contributed by atoms with Crippen molar-refractivity contribution in [2.75, 3.05) is 34.2 Å². The van der Waals surface area contributed by atoms with Crippen molar-refractivity contribution >= 4 is 33.2 Å². The van der Waals surface area contributed by atoms with Crippen LogP contribution in [-0.4, -0.2) is 53.3 Å². The standard InChI is InChI=1S/C16H13N3O5.C16H15N3O3.Fe/c1-22-14-7-11-12(8-15(14)23-2)17-6-5-13(11)24-16-4-3-10(9-18-16)19(20)21;1-20-14-7-11-12(8-15(14)21-2)18-6-5-13(11)22-16-4-3-10(17)9-19-16;/h3-9H,1-2H3;3-9H,17H2,1-2H3;. The Balaban J connectivity index is 0.000000209. The van der Waals surface area contributed by atoms with Gasteiger partial charge in [0.25, 0.3) is 5.69 Å². The molecule has 0 aliphatic heterocycles. The fourth-order valence-electron chi connectivity index (χ4n) is 4.29. The summed E-state index contributed by atoms with van der Waals surface area (Å²) in [6, 6.07) is 16.8. The van der Waals surface area contributed by atoms with Crippen molar-refractivity contribution in [1.82, 2.24) is 19.9 Å². The van der Waals surface area contributed by atoms with Crippen LogP contribution in [0.5, 0.6) is 46.3 Å². The Kier molecular flexibility index (Phi) is 11.1. The SMILES string of the molecule is COc1cc2nccc(Oc3ccc(N)cn3)c2cc1OC.COc1cc2nccc(Oc3ccc([N+](=O)[O-])cn3)c2cc1OC.[Fe]. The zero-order valence-electron chi connectivity index (χ0n) is 25.5. The predicted octanol–water partition coefficient (Wildman–Crippen LogP) is 6.37. The normalized spacial score (nSPS) is 10.2. The second kappa shape index (κ2) is 15.4. The van der Waals surface area contributed by atoms with E-state index in [-0.39, 0.29) is 28.6 Å². The number of methoxy groups -OCH3 is 4. The number of rotatable bonds is 9. The Bertz CT molecular complexity index is 2000. The van der Waals surface area contributed by atoms with Crippen LogP contribution in [0.4, 0.5) is 11.4 Å². The smallest absolute Gasteiger partial charge is 0.287 e. The summed E-state index contributed by atoms with van der Waals surface area (Å²) in [5.74, 6) is 4.15. The number of hydrogen-bond acceptors (Lipinski definition) is 13. The van der Waals surface area contributed by atoms with Crippen LogP contribution in [0.25, 0.3) is 21.8 Å². The van der Waals surface area contributed by atoms with Gasteiger partial charge in [0.05, 0.1) is 56.3 Å². The molecule has 0 saturated carbocycles. The van der Waals surface area contributed by atoms with E-state index in [2.05, 4.69) is 19.9 Å². The summed E-state index contributed by atoms with van der Waals surface area (Å²) in [6.07, 6.45) is 5.94. The van der Waals surface area contributed by atoms with Gasteiger partial charge in [-0.1, -0.05) is 0 Å². The number of nitrogens with zero attached hydrogens (tertiary/aromatic N) is 5. The molecule has 0 bridgehead atoms. The van der Waals surface area contributed by atoms with Crippen molar-refractivity contribution in [1.29, 1.82) is 0 Å². The van der Waals surface area contributed by atoms with E-state index in [4.69, 9.17) is 34.2 Å². The van der Waals surface area contributed by atoms with Gasteiger partial charge in [-0.25, -0.2) is 9.97 Å². The molecule has 4 heterocycles. The third kappa shape index (κ3) is 7.84. The van der Waals surface area contributed by atoms with Crippen molar-refractivity contribution in [2.45, 2.75) is 0 Å². The van der Waals surface area contributed by atoms with Gasteiger partial charge in [-0.2, -0.15) is 0 Å². The van der Waals surface area contributed by atoms with Gasteiger partial charge in [-0.05, 0) is 30.3 Å².